The maximum atomic E-state index is 3.68. The highest BCUT2D eigenvalue weighted by Gasteiger charge is 2.58. The molecule has 0 heterocycles. The van der Waals surface area contributed by atoms with E-state index >= 15 is 0 Å². The second kappa shape index (κ2) is 4.98. The second-order valence-corrected chi connectivity index (χ2v) is 9.44. The van der Waals surface area contributed by atoms with Crippen LogP contribution in [0.15, 0.2) is 0 Å². The number of rotatable bonds is 1. The van der Waals surface area contributed by atoms with Gasteiger partial charge in [-0.05, 0) is 92.9 Å². The zero-order valence-electron chi connectivity index (χ0n) is 14.5. The molecule has 0 aromatic carbocycles. The number of hydrogen-bond donors (Lipinski definition) is 1. The van der Waals surface area contributed by atoms with Crippen LogP contribution in [0.5, 0.6) is 0 Å². The smallest absolute Gasteiger partial charge is 0.00976 e. The van der Waals surface area contributed by atoms with Crippen LogP contribution in [0.1, 0.15) is 78.1 Å². The van der Waals surface area contributed by atoms with Crippen molar-refractivity contribution in [1.82, 2.24) is 5.32 Å². The summed E-state index contributed by atoms with van der Waals surface area (Å²) in [4.78, 5) is 0. The SMILES string of the molecule is CNC1CCC[C@@]2(C)C1CC[C@@H]1[C@H]2CC[C@]2(C)CCC[C@@H]12. The van der Waals surface area contributed by atoms with Crippen molar-refractivity contribution < 1.29 is 0 Å². The third-order valence-corrected chi connectivity index (χ3v) is 8.81. The van der Waals surface area contributed by atoms with E-state index in [4.69, 9.17) is 0 Å². The minimum absolute atomic E-state index is 0.652. The van der Waals surface area contributed by atoms with Crippen molar-refractivity contribution >= 4 is 0 Å². The zero-order chi connectivity index (χ0) is 14.7. The van der Waals surface area contributed by atoms with Crippen LogP contribution >= 0.6 is 0 Å². The maximum absolute atomic E-state index is 3.68. The minimum atomic E-state index is 0.652. The Morgan fingerprint density at radius 3 is 2.38 bits per heavy atom. The maximum Gasteiger partial charge on any atom is 0.00976 e. The molecule has 0 spiro atoms. The van der Waals surface area contributed by atoms with Gasteiger partial charge in [0.2, 0.25) is 0 Å². The first-order valence-corrected chi connectivity index (χ1v) is 9.76. The van der Waals surface area contributed by atoms with Crippen molar-refractivity contribution in [2.45, 2.75) is 84.1 Å². The van der Waals surface area contributed by atoms with Gasteiger partial charge < -0.3 is 5.32 Å². The Morgan fingerprint density at radius 2 is 1.57 bits per heavy atom. The molecule has 21 heavy (non-hydrogen) atoms. The molecule has 4 rings (SSSR count). The Bertz CT molecular complexity index is 405. The summed E-state index contributed by atoms with van der Waals surface area (Å²) in [5, 5.41) is 3.68. The summed E-state index contributed by atoms with van der Waals surface area (Å²) >= 11 is 0. The van der Waals surface area contributed by atoms with Crippen LogP contribution in [0.2, 0.25) is 0 Å². The molecule has 0 bridgehead atoms. The third-order valence-electron chi connectivity index (χ3n) is 8.81. The Labute approximate surface area is 131 Å². The molecule has 120 valence electrons. The lowest BCUT2D eigenvalue weighted by Gasteiger charge is -2.61. The second-order valence-electron chi connectivity index (χ2n) is 9.44. The van der Waals surface area contributed by atoms with Crippen LogP contribution in [0.4, 0.5) is 0 Å². The van der Waals surface area contributed by atoms with E-state index in [0.717, 1.165) is 35.1 Å². The molecule has 0 radical (unpaired) electrons. The van der Waals surface area contributed by atoms with Crippen molar-refractivity contribution in [3.05, 3.63) is 0 Å². The summed E-state index contributed by atoms with van der Waals surface area (Å²) in [7, 11) is 2.21. The molecular weight excluding hydrogens is 254 g/mol. The van der Waals surface area contributed by atoms with Crippen molar-refractivity contribution in [1.29, 1.82) is 0 Å². The van der Waals surface area contributed by atoms with E-state index in [0.29, 0.717) is 5.41 Å². The molecule has 2 unspecified atom stereocenters. The predicted molar refractivity (Wildman–Crippen MR) is 89.2 cm³/mol. The molecule has 4 aliphatic rings. The van der Waals surface area contributed by atoms with E-state index in [2.05, 4.69) is 26.2 Å². The molecule has 4 aliphatic carbocycles. The van der Waals surface area contributed by atoms with E-state index in [1.165, 1.54) is 44.9 Å². The first-order chi connectivity index (χ1) is 10.1. The van der Waals surface area contributed by atoms with Gasteiger partial charge in [0, 0.05) is 6.04 Å². The Morgan fingerprint density at radius 1 is 0.762 bits per heavy atom. The molecule has 1 nitrogen and oxygen atoms in total. The molecule has 0 saturated heterocycles. The minimum Gasteiger partial charge on any atom is -0.317 e. The quantitative estimate of drug-likeness (QED) is 0.715. The van der Waals surface area contributed by atoms with Gasteiger partial charge >= 0.3 is 0 Å². The van der Waals surface area contributed by atoms with Crippen LogP contribution in [-0.4, -0.2) is 13.1 Å². The van der Waals surface area contributed by atoms with E-state index in [1.54, 1.807) is 19.3 Å². The lowest BCUT2D eigenvalue weighted by Crippen LogP contribution is -2.57. The van der Waals surface area contributed by atoms with Gasteiger partial charge in [0.1, 0.15) is 0 Å². The molecular formula is C20H35N. The van der Waals surface area contributed by atoms with E-state index in [-0.39, 0.29) is 0 Å². The fourth-order valence-corrected chi connectivity index (χ4v) is 7.76. The standard InChI is InChI=1S/C20H35N/c1-19-11-4-6-15(19)14-8-9-17-18(21-3)7-5-12-20(17,2)16(14)10-13-19/h14-18,21H,4-13H2,1-3H3/t14-,15-,16+,17?,18?,19-,20+/m0/s1. The predicted octanol–water partition coefficient (Wildman–Crippen LogP) is 5.01. The van der Waals surface area contributed by atoms with Gasteiger partial charge in [-0.2, -0.15) is 0 Å². The van der Waals surface area contributed by atoms with Gasteiger partial charge in [-0.1, -0.05) is 26.7 Å². The highest BCUT2D eigenvalue weighted by Crippen LogP contribution is 2.66. The van der Waals surface area contributed by atoms with Gasteiger partial charge in [-0.3, -0.25) is 0 Å². The van der Waals surface area contributed by atoms with Gasteiger partial charge in [-0.15, -0.1) is 0 Å². The topological polar surface area (TPSA) is 12.0 Å². The van der Waals surface area contributed by atoms with Crippen molar-refractivity contribution in [3.63, 3.8) is 0 Å². The lowest BCUT2D eigenvalue weighted by atomic mass is 9.45. The summed E-state index contributed by atoms with van der Waals surface area (Å²) in [5.41, 5.74) is 1.38. The summed E-state index contributed by atoms with van der Waals surface area (Å²) < 4.78 is 0. The summed E-state index contributed by atoms with van der Waals surface area (Å²) in [6.07, 6.45) is 15.1. The number of hydrogen-bond acceptors (Lipinski definition) is 1. The number of nitrogens with one attached hydrogen (secondary N) is 1. The highest BCUT2D eigenvalue weighted by atomic mass is 14.9. The first kappa shape index (κ1) is 14.5. The van der Waals surface area contributed by atoms with Gasteiger partial charge in [0.25, 0.3) is 0 Å². The highest BCUT2D eigenvalue weighted by molar-refractivity contribution is 5.08. The van der Waals surface area contributed by atoms with E-state index < -0.39 is 0 Å². The number of fused-ring (bicyclic) bond motifs is 5. The monoisotopic (exact) mass is 289 g/mol. The molecule has 4 saturated carbocycles. The van der Waals surface area contributed by atoms with Crippen molar-refractivity contribution in [2.24, 2.45) is 34.5 Å². The Hall–Kier alpha value is -0.0400. The van der Waals surface area contributed by atoms with Crippen molar-refractivity contribution in [2.75, 3.05) is 7.05 Å². The molecule has 0 aromatic heterocycles. The summed E-state index contributed by atoms with van der Waals surface area (Å²) in [6.45, 7) is 5.32. The third kappa shape index (κ3) is 1.98. The van der Waals surface area contributed by atoms with Crippen LogP contribution in [0.3, 0.4) is 0 Å². The van der Waals surface area contributed by atoms with Gasteiger partial charge in [0.05, 0.1) is 0 Å². The Kier molecular flexibility index (Phi) is 3.45. The van der Waals surface area contributed by atoms with Crippen molar-refractivity contribution in [3.8, 4) is 0 Å². The van der Waals surface area contributed by atoms with Crippen LogP contribution in [-0.2, 0) is 0 Å². The van der Waals surface area contributed by atoms with Crippen LogP contribution < -0.4 is 5.32 Å². The Balaban J connectivity index is 1.63. The largest absolute Gasteiger partial charge is 0.317 e. The molecule has 4 fully saturated rings. The zero-order valence-corrected chi connectivity index (χ0v) is 14.5. The van der Waals surface area contributed by atoms with Crippen LogP contribution in [0.25, 0.3) is 0 Å². The molecule has 1 heteroatoms. The lowest BCUT2D eigenvalue weighted by molar-refractivity contribution is -0.111. The van der Waals surface area contributed by atoms with Gasteiger partial charge in [-0.25, -0.2) is 0 Å². The summed E-state index contributed by atoms with van der Waals surface area (Å²) in [6, 6.07) is 0.807. The molecule has 0 amide bonds. The first-order valence-electron chi connectivity index (χ1n) is 9.76. The van der Waals surface area contributed by atoms with E-state index in [9.17, 15) is 0 Å². The molecule has 0 aromatic rings. The normalized spacial score (nSPS) is 56.4. The molecule has 0 aliphatic heterocycles. The fraction of sp³-hybridized carbons (Fsp3) is 1.00. The average molecular weight is 290 g/mol. The fourth-order valence-electron chi connectivity index (χ4n) is 7.76. The van der Waals surface area contributed by atoms with Gasteiger partial charge in [0.15, 0.2) is 0 Å². The average Bonchev–Trinajstić information content (AvgIpc) is 2.87. The van der Waals surface area contributed by atoms with Crippen LogP contribution in [0, 0.1) is 34.5 Å². The summed E-state index contributed by atoms with van der Waals surface area (Å²) in [5.74, 6) is 4.15. The molecule has 1 N–H and O–H groups in total. The molecule has 7 atom stereocenters. The van der Waals surface area contributed by atoms with E-state index in [1.807, 2.05) is 0 Å².